The van der Waals surface area contributed by atoms with Gasteiger partial charge in [0.05, 0.1) is 18.1 Å². The van der Waals surface area contributed by atoms with Gasteiger partial charge in [0.15, 0.2) is 0 Å². The van der Waals surface area contributed by atoms with Gasteiger partial charge < -0.3 is 10.1 Å². The Morgan fingerprint density at radius 1 is 1.33 bits per heavy atom. The van der Waals surface area contributed by atoms with Gasteiger partial charge in [-0.15, -0.1) is 0 Å². The first-order valence-corrected chi connectivity index (χ1v) is 8.33. The summed E-state index contributed by atoms with van der Waals surface area (Å²) in [7, 11) is 0. The molecule has 1 N–H and O–H groups in total. The zero-order valence-corrected chi connectivity index (χ0v) is 13.8. The van der Waals surface area contributed by atoms with Crippen molar-refractivity contribution in [1.82, 2.24) is 4.98 Å². The van der Waals surface area contributed by atoms with Gasteiger partial charge in [0, 0.05) is 18.0 Å². The van der Waals surface area contributed by atoms with E-state index in [1.54, 1.807) is 0 Å². The molecule has 1 heterocycles. The molecule has 3 atom stereocenters. The first-order chi connectivity index (χ1) is 9.97. The maximum absolute atomic E-state index is 6.37. The van der Waals surface area contributed by atoms with Gasteiger partial charge in [-0.05, 0) is 37.0 Å². The number of ether oxygens (including phenoxy) is 1. The minimum absolute atomic E-state index is 0.296. The van der Waals surface area contributed by atoms with Crippen LogP contribution in [0, 0.1) is 16.7 Å². The molecule has 2 aliphatic carbocycles. The SMILES string of the molecule is CCCNc1cncc(OC2CC3CCC2(C)C3(C)C)c1. The van der Waals surface area contributed by atoms with Crippen LogP contribution in [0.25, 0.3) is 0 Å². The summed E-state index contributed by atoms with van der Waals surface area (Å²) in [5.74, 6) is 1.72. The molecule has 1 aromatic heterocycles. The van der Waals surface area contributed by atoms with Gasteiger partial charge in [-0.2, -0.15) is 0 Å². The third-order valence-electron chi connectivity index (χ3n) is 6.28. The molecule has 1 aromatic rings. The van der Waals surface area contributed by atoms with Crippen molar-refractivity contribution in [2.24, 2.45) is 16.7 Å². The Morgan fingerprint density at radius 2 is 2.14 bits per heavy atom. The molecule has 0 aromatic carbocycles. The van der Waals surface area contributed by atoms with Gasteiger partial charge >= 0.3 is 0 Å². The lowest BCUT2D eigenvalue weighted by atomic mass is 9.70. The minimum atomic E-state index is 0.296. The molecule has 0 radical (unpaired) electrons. The molecule has 3 unspecified atom stereocenters. The van der Waals surface area contributed by atoms with Crippen LogP contribution in [0.5, 0.6) is 5.75 Å². The lowest BCUT2D eigenvalue weighted by Gasteiger charge is -2.38. The molecule has 2 fully saturated rings. The van der Waals surface area contributed by atoms with Gasteiger partial charge in [0.1, 0.15) is 11.9 Å². The van der Waals surface area contributed by atoms with Crippen LogP contribution in [0.1, 0.15) is 53.4 Å². The average molecular weight is 288 g/mol. The van der Waals surface area contributed by atoms with Crippen LogP contribution in [-0.4, -0.2) is 17.6 Å². The van der Waals surface area contributed by atoms with Gasteiger partial charge in [0.2, 0.25) is 0 Å². The summed E-state index contributed by atoms with van der Waals surface area (Å²) in [5, 5.41) is 3.38. The number of nitrogens with zero attached hydrogens (tertiary/aromatic N) is 1. The van der Waals surface area contributed by atoms with Gasteiger partial charge in [-0.3, -0.25) is 4.98 Å². The van der Waals surface area contributed by atoms with Crippen molar-refractivity contribution in [2.75, 3.05) is 11.9 Å². The predicted octanol–water partition coefficient (Wildman–Crippen LogP) is 4.50. The number of hydrogen-bond acceptors (Lipinski definition) is 3. The monoisotopic (exact) mass is 288 g/mol. The normalized spacial score (nSPS) is 33.1. The minimum Gasteiger partial charge on any atom is -0.488 e. The van der Waals surface area contributed by atoms with E-state index in [-0.39, 0.29) is 0 Å². The number of hydrogen-bond donors (Lipinski definition) is 1. The third kappa shape index (κ3) is 2.31. The topological polar surface area (TPSA) is 34.2 Å². The second-order valence-corrected chi connectivity index (χ2v) is 7.55. The number of pyridine rings is 1. The van der Waals surface area contributed by atoms with E-state index in [1.165, 1.54) is 19.3 Å². The Kier molecular flexibility index (Phi) is 3.62. The van der Waals surface area contributed by atoms with Crippen molar-refractivity contribution in [1.29, 1.82) is 0 Å². The molecule has 3 nitrogen and oxygen atoms in total. The van der Waals surface area contributed by atoms with E-state index in [0.29, 0.717) is 16.9 Å². The predicted molar refractivity (Wildman–Crippen MR) is 86.7 cm³/mol. The maximum atomic E-state index is 6.37. The fraction of sp³-hybridized carbons (Fsp3) is 0.722. The zero-order valence-electron chi connectivity index (χ0n) is 13.8. The second-order valence-electron chi connectivity index (χ2n) is 7.55. The van der Waals surface area contributed by atoms with E-state index < -0.39 is 0 Å². The molecule has 0 aliphatic heterocycles. The Hall–Kier alpha value is -1.25. The van der Waals surface area contributed by atoms with Crippen LogP contribution in [0.3, 0.4) is 0 Å². The summed E-state index contributed by atoms with van der Waals surface area (Å²) in [4.78, 5) is 4.31. The Bertz CT molecular complexity index is 514. The second kappa shape index (κ2) is 5.19. The van der Waals surface area contributed by atoms with Crippen molar-refractivity contribution in [3.8, 4) is 5.75 Å². The Balaban J connectivity index is 1.73. The zero-order chi connectivity index (χ0) is 15.1. The summed E-state index contributed by atoms with van der Waals surface area (Å²) in [6.07, 6.45) is 9.00. The van der Waals surface area contributed by atoms with E-state index >= 15 is 0 Å². The van der Waals surface area contributed by atoms with E-state index in [1.807, 2.05) is 12.4 Å². The lowest BCUT2D eigenvalue weighted by Crippen LogP contribution is -2.38. The number of rotatable bonds is 5. The van der Waals surface area contributed by atoms with Gasteiger partial charge in [-0.25, -0.2) is 0 Å². The van der Waals surface area contributed by atoms with Crippen LogP contribution in [-0.2, 0) is 0 Å². The van der Waals surface area contributed by atoms with Crippen molar-refractivity contribution in [2.45, 2.75) is 59.5 Å². The average Bonchev–Trinajstić information content (AvgIpc) is 2.79. The van der Waals surface area contributed by atoms with Crippen molar-refractivity contribution < 1.29 is 4.74 Å². The first kappa shape index (κ1) is 14.7. The van der Waals surface area contributed by atoms with Gasteiger partial charge in [0.25, 0.3) is 0 Å². The summed E-state index contributed by atoms with van der Waals surface area (Å²) in [6.45, 7) is 10.4. The molecule has 2 saturated carbocycles. The summed E-state index contributed by atoms with van der Waals surface area (Å²) in [5.41, 5.74) is 1.75. The number of fused-ring (bicyclic) bond motifs is 2. The van der Waals surface area contributed by atoms with Crippen LogP contribution in [0.15, 0.2) is 18.5 Å². The maximum Gasteiger partial charge on any atom is 0.140 e. The highest BCUT2D eigenvalue weighted by molar-refractivity contribution is 5.45. The smallest absolute Gasteiger partial charge is 0.140 e. The summed E-state index contributed by atoms with van der Waals surface area (Å²) >= 11 is 0. The first-order valence-electron chi connectivity index (χ1n) is 8.33. The molecular formula is C18H28N2O. The molecule has 3 rings (SSSR count). The molecular weight excluding hydrogens is 260 g/mol. The van der Waals surface area contributed by atoms with E-state index in [2.05, 4.69) is 44.1 Å². The van der Waals surface area contributed by atoms with Gasteiger partial charge in [-0.1, -0.05) is 27.7 Å². The Morgan fingerprint density at radius 3 is 2.76 bits per heavy atom. The molecule has 2 aliphatic rings. The van der Waals surface area contributed by atoms with Crippen molar-refractivity contribution in [3.63, 3.8) is 0 Å². The molecule has 0 amide bonds. The molecule has 3 heteroatoms. The number of aromatic nitrogens is 1. The highest BCUT2D eigenvalue weighted by Crippen LogP contribution is 2.66. The van der Waals surface area contributed by atoms with Crippen LogP contribution in [0.4, 0.5) is 5.69 Å². The summed E-state index contributed by atoms with van der Waals surface area (Å²) in [6, 6.07) is 2.09. The quantitative estimate of drug-likeness (QED) is 0.866. The lowest BCUT2D eigenvalue weighted by molar-refractivity contribution is 0.0300. The number of nitrogens with one attached hydrogen (secondary N) is 1. The molecule has 0 saturated heterocycles. The third-order valence-corrected chi connectivity index (χ3v) is 6.28. The number of anilines is 1. The van der Waals surface area contributed by atoms with E-state index in [4.69, 9.17) is 4.74 Å². The van der Waals surface area contributed by atoms with Crippen LogP contribution < -0.4 is 10.1 Å². The summed E-state index contributed by atoms with van der Waals surface area (Å²) < 4.78 is 6.37. The van der Waals surface area contributed by atoms with Crippen molar-refractivity contribution >= 4 is 5.69 Å². The fourth-order valence-electron chi connectivity index (χ4n) is 4.32. The highest BCUT2D eigenvalue weighted by atomic mass is 16.5. The van der Waals surface area contributed by atoms with Crippen molar-refractivity contribution in [3.05, 3.63) is 18.5 Å². The standard InChI is InChI=1S/C18H28N2O/c1-5-8-20-14-10-15(12-19-11-14)21-16-9-13-6-7-18(16,4)17(13,2)3/h10-13,16,20H,5-9H2,1-4H3. The molecule has 116 valence electrons. The molecule has 21 heavy (non-hydrogen) atoms. The van der Waals surface area contributed by atoms with Crippen LogP contribution >= 0.6 is 0 Å². The highest BCUT2D eigenvalue weighted by Gasteiger charge is 2.62. The van der Waals surface area contributed by atoms with E-state index in [0.717, 1.165) is 30.3 Å². The molecule has 2 bridgehead atoms. The fourth-order valence-corrected chi connectivity index (χ4v) is 4.32. The van der Waals surface area contributed by atoms with Crippen LogP contribution in [0.2, 0.25) is 0 Å². The van der Waals surface area contributed by atoms with E-state index in [9.17, 15) is 0 Å². The largest absolute Gasteiger partial charge is 0.488 e. The Labute approximate surface area is 128 Å². The molecule has 0 spiro atoms.